The first kappa shape index (κ1) is 18.7. The topological polar surface area (TPSA) is 42.0 Å². The van der Waals surface area contributed by atoms with Gasteiger partial charge in [-0.2, -0.15) is 0 Å². The molecule has 0 saturated carbocycles. The van der Waals surface area contributed by atoms with Crippen molar-refractivity contribution in [1.29, 1.82) is 0 Å². The summed E-state index contributed by atoms with van der Waals surface area (Å²) in [5, 5.41) is 0. The summed E-state index contributed by atoms with van der Waals surface area (Å²) in [5.41, 5.74) is 1.15. The van der Waals surface area contributed by atoms with Crippen molar-refractivity contribution in [2.75, 3.05) is 50.2 Å². The lowest BCUT2D eigenvalue weighted by Gasteiger charge is -2.35. The van der Waals surface area contributed by atoms with Gasteiger partial charge in [0.2, 0.25) is 0 Å². The molecule has 1 aliphatic heterocycles. The second kappa shape index (κ2) is 9.62. The van der Waals surface area contributed by atoms with Gasteiger partial charge in [-0.3, -0.25) is 0 Å². The number of amides is 1. The van der Waals surface area contributed by atoms with Crippen molar-refractivity contribution in [2.45, 2.75) is 20.3 Å². The molecule has 6 heteroatoms. The molecule has 0 atom stereocenters. The molecule has 1 heterocycles. The average molecular weight is 355 g/mol. The second-order valence-electron chi connectivity index (χ2n) is 6.33. The Bertz CT molecular complexity index is 499. The Balaban J connectivity index is 1.78. The number of halogens is 1. The number of carbonyl (C=O) groups excluding carboxylic acids is 1. The molecule has 1 fully saturated rings. The molecule has 2 rings (SSSR count). The Morgan fingerprint density at radius 2 is 1.83 bits per heavy atom. The number of anilines is 1. The molecule has 5 nitrogen and oxygen atoms in total. The third-order valence-corrected chi connectivity index (χ3v) is 4.09. The van der Waals surface area contributed by atoms with Gasteiger partial charge in [-0.1, -0.05) is 13.8 Å². The molecule has 1 amide bonds. The number of carbonyl (C=O) groups is 1. The van der Waals surface area contributed by atoms with Crippen molar-refractivity contribution in [3.05, 3.63) is 24.3 Å². The predicted molar refractivity (Wildman–Crippen MR) is 97.2 cm³/mol. The van der Waals surface area contributed by atoms with Crippen molar-refractivity contribution >= 4 is 23.4 Å². The summed E-state index contributed by atoms with van der Waals surface area (Å²) in [6.45, 7) is 8.18. The highest BCUT2D eigenvalue weighted by molar-refractivity contribution is 6.17. The Morgan fingerprint density at radius 3 is 2.42 bits per heavy atom. The fourth-order valence-corrected chi connectivity index (χ4v) is 2.58. The van der Waals surface area contributed by atoms with E-state index in [4.69, 9.17) is 21.1 Å². The van der Waals surface area contributed by atoms with Gasteiger partial charge in [0.25, 0.3) is 0 Å². The van der Waals surface area contributed by atoms with Gasteiger partial charge >= 0.3 is 6.09 Å². The number of nitrogens with zero attached hydrogens (tertiary/aromatic N) is 2. The van der Waals surface area contributed by atoms with Crippen molar-refractivity contribution in [3.8, 4) is 5.75 Å². The predicted octanol–water partition coefficient (Wildman–Crippen LogP) is 3.61. The lowest BCUT2D eigenvalue weighted by Crippen LogP contribution is -2.49. The summed E-state index contributed by atoms with van der Waals surface area (Å²) >= 11 is 5.64. The minimum Gasteiger partial charge on any atom is -0.494 e. The van der Waals surface area contributed by atoms with Crippen LogP contribution in [-0.2, 0) is 4.74 Å². The van der Waals surface area contributed by atoms with E-state index < -0.39 is 0 Å². The van der Waals surface area contributed by atoms with Crippen LogP contribution in [-0.4, -0.2) is 56.3 Å². The van der Waals surface area contributed by atoms with Crippen LogP contribution in [0.1, 0.15) is 20.3 Å². The molecule has 0 bridgehead atoms. The van der Waals surface area contributed by atoms with Gasteiger partial charge in [0, 0.05) is 37.7 Å². The van der Waals surface area contributed by atoms with E-state index in [1.807, 2.05) is 26.0 Å². The van der Waals surface area contributed by atoms with Gasteiger partial charge in [0.1, 0.15) is 5.75 Å². The lowest BCUT2D eigenvalue weighted by molar-refractivity contribution is 0.0901. The van der Waals surface area contributed by atoms with E-state index in [0.29, 0.717) is 38.1 Å². The summed E-state index contributed by atoms with van der Waals surface area (Å²) < 4.78 is 10.9. The van der Waals surface area contributed by atoms with E-state index in [2.05, 4.69) is 17.0 Å². The number of benzene rings is 1. The largest absolute Gasteiger partial charge is 0.494 e. The zero-order valence-corrected chi connectivity index (χ0v) is 15.3. The SMILES string of the molecule is CC(C)COC(=O)N1CCN(c2ccc(OCCCCl)cc2)CC1. The average Bonchev–Trinajstić information content (AvgIpc) is 2.60. The number of alkyl halides is 1. The van der Waals surface area contributed by atoms with Crippen LogP contribution in [0.5, 0.6) is 5.75 Å². The molecular weight excluding hydrogens is 328 g/mol. The molecule has 134 valence electrons. The lowest BCUT2D eigenvalue weighted by atomic mass is 10.2. The summed E-state index contributed by atoms with van der Waals surface area (Å²) in [7, 11) is 0. The molecule has 1 aromatic rings. The van der Waals surface area contributed by atoms with E-state index in [1.165, 1.54) is 0 Å². The maximum Gasteiger partial charge on any atom is 0.409 e. The standard InChI is InChI=1S/C18H27ClN2O3/c1-15(2)14-24-18(22)21-11-9-20(10-12-21)16-4-6-17(7-5-16)23-13-3-8-19/h4-7,15H,3,8-14H2,1-2H3. The smallest absolute Gasteiger partial charge is 0.409 e. The van der Waals surface area contributed by atoms with E-state index in [9.17, 15) is 4.79 Å². The van der Waals surface area contributed by atoms with E-state index in [1.54, 1.807) is 4.90 Å². The van der Waals surface area contributed by atoms with Crippen LogP contribution in [0.15, 0.2) is 24.3 Å². The van der Waals surface area contributed by atoms with Gasteiger partial charge in [-0.15, -0.1) is 11.6 Å². The highest BCUT2D eigenvalue weighted by Crippen LogP contribution is 2.21. The first-order chi connectivity index (χ1) is 11.6. The van der Waals surface area contributed by atoms with Crippen molar-refractivity contribution in [2.24, 2.45) is 5.92 Å². The molecule has 0 radical (unpaired) electrons. The first-order valence-corrected chi connectivity index (χ1v) is 9.09. The van der Waals surface area contributed by atoms with Crippen LogP contribution in [0.25, 0.3) is 0 Å². The molecule has 1 saturated heterocycles. The van der Waals surface area contributed by atoms with Crippen LogP contribution in [0, 0.1) is 5.92 Å². The third kappa shape index (κ3) is 5.78. The highest BCUT2D eigenvalue weighted by Gasteiger charge is 2.22. The number of hydrogen-bond donors (Lipinski definition) is 0. The molecule has 1 aliphatic rings. The first-order valence-electron chi connectivity index (χ1n) is 8.55. The van der Waals surface area contributed by atoms with Crippen LogP contribution in [0.4, 0.5) is 10.5 Å². The van der Waals surface area contributed by atoms with E-state index in [-0.39, 0.29) is 6.09 Å². The van der Waals surface area contributed by atoms with Crippen LogP contribution >= 0.6 is 11.6 Å². The van der Waals surface area contributed by atoms with Gasteiger partial charge in [0.15, 0.2) is 0 Å². The Kier molecular flexibility index (Phi) is 7.50. The fraction of sp³-hybridized carbons (Fsp3) is 0.611. The molecule has 0 N–H and O–H groups in total. The maximum atomic E-state index is 12.0. The Labute approximate surface area is 149 Å². The van der Waals surface area contributed by atoms with Gasteiger partial charge in [0.05, 0.1) is 13.2 Å². The Hall–Kier alpha value is -1.62. The number of hydrogen-bond acceptors (Lipinski definition) is 4. The van der Waals surface area contributed by atoms with E-state index >= 15 is 0 Å². The monoisotopic (exact) mass is 354 g/mol. The van der Waals surface area contributed by atoms with Crippen LogP contribution in [0.2, 0.25) is 0 Å². The van der Waals surface area contributed by atoms with Gasteiger partial charge in [-0.05, 0) is 36.6 Å². The molecule has 24 heavy (non-hydrogen) atoms. The molecule has 0 unspecified atom stereocenters. The molecule has 0 aromatic heterocycles. The molecule has 0 aliphatic carbocycles. The molecule has 1 aromatic carbocycles. The van der Waals surface area contributed by atoms with E-state index in [0.717, 1.165) is 30.9 Å². The maximum absolute atomic E-state index is 12.0. The molecule has 0 spiro atoms. The van der Waals surface area contributed by atoms with Crippen molar-refractivity contribution in [1.82, 2.24) is 4.90 Å². The van der Waals surface area contributed by atoms with Crippen molar-refractivity contribution < 1.29 is 14.3 Å². The summed E-state index contributed by atoms with van der Waals surface area (Å²) in [6.07, 6.45) is 0.643. The number of rotatable bonds is 7. The zero-order valence-electron chi connectivity index (χ0n) is 14.5. The quantitative estimate of drug-likeness (QED) is 0.554. The zero-order chi connectivity index (χ0) is 17.4. The van der Waals surface area contributed by atoms with Crippen LogP contribution in [0.3, 0.4) is 0 Å². The second-order valence-corrected chi connectivity index (χ2v) is 6.71. The fourth-order valence-electron chi connectivity index (χ4n) is 2.47. The third-order valence-electron chi connectivity index (χ3n) is 3.83. The minimum atomic E-state index is -0.202. The summed E-state index contributed by atoms with van der Waals surface area (Å²) in [5.74, 6) is 1.84. The minimum absolute atomic E-state index is 0.202. The Morgan fingerprint density at radius 1 is 1.17 bits per heavy atom. The number of piperazine rings is 1. The van der Waals surface area contributed by atoms with Crippen molar-refractivity contribution in [3.63, 3.8) is 0 Å². The normalized spacial score (nSPS) is 14.8. The summed E-state index contributed by atoms with van der Waals surface area (Å²) in [4.78, 5) is 16.0. The number of ether oxygens (including phenoxy) is 2. The van der Waals surface area contributed by atoms with Crippen LogP contribution < -0.4 is 9.64 Å². The summed E-state index contributed by atoms with van der Waals surface area (Å²) in [6, 6.07) is 8.07. The highest BCUT2D eigenvalue weighted by atomic mass is 35.5. The van der Waals surface area contributed by atoms with Gasteiger partial charge < -0.3 is 19.3 Å². The van der Waals surface area contributed by atoms with Gasteiger partial charge in [-0.25, -0.2) is 4.79 Å². The molecular formula is C18H27ClN2O3.